The summed E-state index contributed by atoms with van der Waals surface area (Å²) < 4.78 is 4.50. The van der Waals surface area contributed by atoms with E-state index in [0.29, 0.717) is 11.4 Å². The molecule has 12 heavy (non-hydrogen) atoms. The number of nitrogens with two attached hydrogens (primary N) is 2. The molecular weight excluding hydrogens is 158 g/mol. The first-order valence-electron chi connectivity index (χ1n) is 3.31. The zero-order valence-corrected chi connectivity index (χ0v) is 6.36. The summed E-state index contributed by atoms with van der Waals surface area (Å²) >= 11 is 0. The van der Waals surface area contributed by atoms with E-state index in [4.69, 9.17) is 11.5 Å². The van der Waals surface area contributed by atoms with Gasteiger partial charge in [-0.25, -0.2) is 4.79 Å². The minimum atomic E-state index is -0.811. The molecule has 0 unspecified atom stereocenters. The van der Waals surface area contributed by atoms with Gasteiger partial charge in [-0.2, -0.15) is 0 Å². The zero-order chi connectivity index (χ0) is 8.97. The molecule has 5 nitrogen and oxygen atoms in total. The predicted octanol–water partition coefficient (Wildman–Crippen LogP) is 0.259. The Kier molecular flexibility index (Phi) is 2.47. The maximum absolute atomic E-state index is 10.2. The largest absolute Gasteiger partial charge is 0.443 e. The number of rotatable bonds is 2. The molecule has 0 radical (unpaired) electrons. The van der Waals surface area contributed by atoms with Gasteiger partial charge in [-0.1, -0.05) is 0 Å². The Labute approximate surface area is 69.3 Å². The van der Waals surface area contributed by atoms with Crippen molar-refractivity contribution in [1.82, 2.24) is 4.98 Å². The van der Waals surface area contributed by atoms with Crippen LogP contribution in [0.5, 0.6) is 0 Å². The number of ether oxygens (including phenoxy) is 1. The molecule has 0 aliphatic rings. The molecule has 0 atom stereocenters. The molecule has 0 fully saturated rings. The second-order valence-corrected chi connectivity index (χ2v) is 2.19. The van der Waals surface area contributed by atoms with Gasteiger partial charge in [0.15, 0.2) is 0 Å². The third-order valence-corrected chi connectivity index (χ3v) is 1.21. The Bertz CT molecular complexity index is 270. The van der Waals surface area contributed by atoms with Gasteiger partial charge in [0.25, 0.3) is 0 Å². The minimum absolute atomic E-state index is 0.0790. The van der Waals surface area contributed by atoms with E-state index in [0.717, 1.165) is 0 Å². The van der Waals surface area contributed by atoms with Crippen LogP contribution in [0.15, 0.2) is 18.3 Å². The Morgan fingerprint density at radius 3 is 2.83 bits per heavy atom. The lowest BCUT2D eigenvalue weighted by atomic mass is 10.3. The molecule has 64 valence electrons. The van der Waals surface area contributed by atoms with Crippen LogP contribution in [-0.4, -0.2) is 11.1 Å². The van der Waals surface area contributed by atoms with Crippen LogP contribution in [0.4, 0.5) is 10.5 Å². The van der Waals surface area contributed by atoms with Gasteiger partial charge in [0.05, 0.1) is 17.6 Å². The van der Waals surface area contributed by atoms with Crippen molar-refractivity contribution in [2.75, 3.05) is 5.73 Å². The van der Waals surface area contributed by atoms with Gasteiger partial charge in [0.1, 0.15) is 6.61 Å². The third-order valence-electron chi connectivity index (χ3n) is 1.21. The molecule has 1 aromatic rings. The highest BCUT2D eigenvalue weighted by Gasteiger charge is 1.96. The summed E-state index contributed by atoms with van der Waals surface area (Å²) in [6.45, 7) is 0.0790. The lowest BCUT2D eigenvalue weighted by Crippen LogP contribution is -2.13. The molecule has 5 heteroatoms. The molecule has 0 saturated heterocycles. The number of anilines is 1. The Morgan fingerprint density at radius 1 is 1.58 bits per heavy atom. The molecule has 0 aliphatic carbocycles. The second-order valence-electron chi connectivity index (χ2n) is 2.19. The highest BCUT2D eigenvalue weighted by atomic mass is 16.5. The van der Waals surface area contributed by atoms with Gasteiger partial charge in [-0.15, -0.1) is 0 Å². The third kappa shape index (κ3) is 2.45. The van der Waals surface area contributed by atoms with Gasteiger partial charge in [0, 0.05) is 0 Å². The summed E-state index contributed by atoms with van der Waals surface area (Å²) in [5, 5.41) is 0. The Morgan fingerprint density at radius 2 is 2.33 bits per heavy atom. The van der Waals surface area contributed by atoms with Crippen LogP contribution in [0.3, 0.4) is 0 Å². The molecule has 1 heterocycles. The average Bonchev–Trinajstić information content (AvgIpc) is 2.03. The van der Waals surface area contributed by atoms with Crippen LogP contribution in [0, 0.1) is 0 Å². The molecule has 0 spiro atoms. The minimum Gasteiger partial charge on any atom is -0.443 e. The topological polar surface area (TPSA) is 91.2 Å². The van der Waals surface area contributed by atoms with Crippen molar-refractivity contribution in [3.05, 3.63) is 24.0 Å². The average molecular weight is 167 g/mol. The van der Waals surface area contributed by atoms with Gasteiger partial charge in [-0.05, 0) is 12.1 Å². The molecule has 1 rings (SSSR count). The summed E-state index contributed by atoms with van der Waals surface area (Å²) in [7, 11) is 0. The van der Waals surface area contributed by atoms with E-state index < -0.39 is 6.09 Å². The van der Waals surface area contributed by atoms with Crippen molar-refractivity contribution in [3.63, 3.8) is 0 Å². The number of nitrogen functional groups attached to an aromatic ring is 1. The lowest BCUT2D eigenvalue weighted by Gasteiger charge is -2.00. The van der Waals surface area contributed by atoms with E-state index in [-0.39, 0.29) is 6.61 Å². The quantitative estimate of drug-likeness (QED) is 0.660. The number of hydrogen-bond acceptors (Lipinski definition) is 4. The lowest BCUT2D eigenvalue weighted by molar-refractivity contribution is 0.149. The Hall–Kier alpha value is -1.78. The van der Waals surface area contributed by atoms with Crippen LogP contribution in [-0.2, 0) is 11.3 Å². The fourth-order valence-corrected chi connectivity index (χ4v) is 0.666. The molecule has 1 amide bonds. The fourth-order valence-electron chi connectivity index (χ4n) is 0.666. The van der Waals surface area contributed by atoms with Crippen LogP contribution in [0.25, 0.3) is 0 Å². The van der Waals surface area contributed by atoms with E-state index in [2.05, 4.69) is 9.72 Å². The van der Waals surface area contributed by atoms with Crippen LogP contribution in [0.1, 0.15) is 5.69 Å². The van der Waals surface area contributed by atoms with Crippen LogP contribution < -0.4 is 11.5 Å². The van der Waals surface area contributed by atoms with Crippen LogP contribution in [0.2, 0.25) is 0 Å². The molecule has 4 N–H and O–H groups in total. The maximum Gasteiger partial charge on any atom is 0.404 e. The summed E-state index contributed by atoms with van der Waals surface area (Å²) in [4.78, 5) is 14.1. The van der Waals surface area contributed by atoms with Crippen molar-refractivity contribution in [2.24, 2.45) is 5.73 Å². The zero-order valence-electron chi connectivity index (χ0n) is 6.36. The van der Waals surface area contributed by atoms with Crippen molar-refractivity contribution < 1.29 is 9.53 Å². The van der Waals surface area contributed by atoms with Crippen molar-refractivity contribution in [1.29, 1.82) is 0 Å². The monoisotopic (exact) mass is 167 g/mol. The molecule has 1 aromatic heterocycles. The molecule has 0 aromatic carbocycles. The predicted molar refractivity (Wildman–Crippen MR) is 43.0 cm³/mol. The number of carbonyl (C=O) groups is 1. The summed E-state index contributed by atoms with van der Waals surface area (Å²) in [5.41, 5.74) is 11.3. The van der Waals surface area contributed by atoms with E-state index in [1.54, 1.807) is 12.1 Å². The highest BCUT2D eigenvalue weighted by molar-refractivity contribution is 5.64. The smallest absolute Gasteiger partial charge is 0.404 e. The number of pyridine rings is 1. The SMILES string of the molecule is NC(=O)OCc1ccc(N)cn1. The fraction of sp³-hybridized carbons (Fsp3) is 0.143. The van der Waals surface area contributed by atoms with Gasteiger partial charge < -0.3 is 16.2 Å². The van der Waals surface area contributed by atoms with Gasteiger partial charge >= 0.3 is 6.09 Å². The standard InChI is InChI=1S/C7H9N3O2/c8-5-1-2-6(10-3-5)4-12-7(9)11/h1-3H,4,8H2,(H2,9,11). The summed E-state index contributed by atoms with van der Waals surface area (Å²) in [6, 6.07) is 3.34. The number of hydrogen-bond donors (Lipinski definition) is 2. The number of nitrogens with zero attached hydrogens (tertiary/aromatic N) is 1. The van der Waals surface area contributed by atoms with Gasteiger partial charge in [0.2, 0.25) is 0 Å². The molecule has 0 aliphatic heterocycles. The summed E-state index contributed by atoms with van der Waals surface area (Å²) in [5.74, 6) is 0. The van der Waals surface area contributed by atoms with E-state index in [1.807, 2.05) is 0 Å². The molecule has 0 saturated carbocycles. The first-order chi connectivity index (χ1) is 5.68. The summed E-state index contributed by atoms with van der Waals surface area (Å²) in [6.07, 6.45) is 0.674. The second kappa shape index (κ2) is 3.56. The normalized spacial score (nSPS) is 9.33. The number of primary amides is 1. The highest BCUT2D eigenvalue weighted by Crippen LogP contribution is 2.01. The van der Waals surface area contributed by atoms with Crippen molar-refractivity contribution in [2.45, 2.75) is 6.61 Å². The van der Waals surface area contributed by atoms with Gasteiger partial charge in [-0.3, -0.25) is 4.98 Å². The molecule has 0 bridgehead atoms. The van der Waals surface area contributed by atoms with Crippen LogP contribution >= 0.6 is 0 Å². The first kappa shape index (κ1) is 8.32. The first-order valence-corrected chi connectivity index (χ1v) is 3.31. The van der Waals surface area contributed by atoms with E-state index >= 15 is 0 Å². The Balaban J connectivity index is 2.53. The van der Waals surface area contributed by atoms with E-state index in [1.165, 1.54) is 6.20 Å². The molecular formula is C7H9N3O2. The van der Waals surface area contributed by atoms with Crippen molar-refractivity contribution >= 4 is 11.8 Å². The van der Waals surface area contributed by atoms with E-state index in [9.17, 15) is 4.79 Å². The number of amides is 1. The maximum atomic E-state index is 10.2. The van der Waals surface area contributed by atoms with Crippen molar-refractivity contribution in [3.8, 4) is 0 Å². The number of carbonyl (C=O) groups excluding carboxylic acids is 1. The number of aromatic nitrogens is 1.